The first-order valence-electron chi connectivity index (χ1n) is 6.71. The summed E-state index contributed by atoms with van der Waals surface area (Å²) in [5.74, 6) is 0. The number of ether oxygens (including phenoxy) is 1. The minimum absolute atomic E-state index is 0.0842. The molecule has 0 bridgehead atoms. The summed E-state index contributed by atoms with van der Waals surface area (Å²) in [6, 6.07) is 3.59. The lowest BCUT2D eigenvalue weighted by atomic mass is 9.97. The lowest BCUT2D eigenvalue weighted by Gasteiger charge is -2.29. The molecule has 9 heteroatoms. The molecule has 0 unspecified atom stereocenters. The molecule has 0 heterocycles. The highest BCUT2D eigenvalue weighted by atomic mass is 32.2. The standard InChI is InChI=1S/C13H14N2O6S/c16-8-21-11-3-1-2-4-13(11)22-12-6-5-9(14(17)18)7-10(12)15(19)20/h5-8,11,13H,1-4H2/t11-,13-/m1/s1. The fourth-order valence-corrected chi connectivity index (χ4v) is 3.81. The molecule has 118 valence electrons. The van der Waals surface area contributed by atoms with E-state index in [4.69, 9.17) is 4.74 Å². The molecule has 1 aromatic rings. The Labute approximate surface area is 130 Å². The molecule has 1 fully saturated rings. The quantitative estimate of drug-likeness (QED) is 0.448. The van der Waals surface area contributed by atoms with Crippen molar-refractivity contribution in [2.24, 2.45) is 0 Å². The highest BCUT2D eigenvalue weighted by Gasteiger charge is 2.30. The summed E-state index contributed by atoms with van der Waals surface area (Å²) in [7, 11) is 0. The van der Waals surface area contributed by atoms with E-state index in [0.29, 0.717) is 11.4 Å². The molecule has 1 aliphatic rings. The maximum absolute atomic E-state index is 11.1. The number of thioether (sulfide) groups is 1. The zero-order valence-electron chi connectivity index (χ0n) is 11.5. The number of hydrogen-bond donors (Lipinski definition) is 0. The molecule has 1 saturated carbocycles. The van der Waals surface area contributed by atoms with Crippen LogP contribution in [0.3, 0.4) is 0 Å². The number of nitro groups is 2. The van der Waals surface area contributed by atoms with Gasteiger partial charge in [-0.05, 0) is 25.3 Å². The number of carbonyl (C=O) groups is 1. The molecule has 8 nitrogen and oxygen atoms in total. The highest BCUT2D eigenvalue weighted by molar-refractivity contribution is 8.00. The monoisotopic (exact) mass is 326 g/mol. The molecule has 0 amide bonds. The molecule has 22 heavy (non-hydrogen) atoms. The van der Waals surface area contributed by atoms with Crippen molar-refractivity contribution >= 4 is 29.6 Å². The number of nitro benzene ring substituents is 2. The number of rotatable bonds is 6. The van der Waals surface area contributed by atoms with Gasteiger partial charge in [-0.25, -0.2) is 0 Å². The van der Waals surface area contributed by atoms with Gasteiger partial charge in [0.2, 0.25) is 0 Å². The van der Waals surface area contributed by atoms with Crippen LogP contribution in [0.1, 0.15) is 25.7 Å². The van der Waals surface area contributed by atoms with Gasteiger partial charge in [0.15, 0.2) is 0 Å². The van der Waals surface area contributed by atoms with Gasteiger partial charge >= 0.3 is 0 Å². The van der Waals surface area contributed by atoms with Crippen LogP contribution in [-0.2, 0) is 9.53 Å². The third-order valence-electron chi connectivity index (χ3n) is 3.50. The SMILES string of the molecule is O=CO[C@@H]1CCCC[C@H]1Sc1ccc([N+](=O)[O-])cc1[N+](=O)[O-]. The Morgan fingerprint density at radius 2 is 1.91 bits per heavy atom. The van der Waals surface area contributed by atoms with Crippen LogP contribution < -0.4 is 0 Å². The Balaban J connectivity index is 2.25. The fraction of sp³-hybridized carbons (Fsp3) is 0.462. The van der Waals surface area contributed by atoms with E-state index in [1.165, 1.54) is 23.9 Å². The van der Waals surface area contributed by atoms with E-state index in [9.17, 15) is 25.0 Å². The molecular formula is C13H14N2O6S. The van der Waals surface area contributed by atoms with Gasteiger partial charge in [-0.3, -0.25) is 25.0 Å². The number of benzene rings is 1. The van der Waals surface area contributed by atoms with Gasteiger partial charge in [0.1, 0.15) is 6.10 Å². The van der Waals surface area contributed by atoms with Gasteiger partial charge in [-0.15, -0.1) is 11.8 Å². The van der Waals surface area contributed by atoms with Crippen molar-refractivity contribution in [2.75, 3.05) is 0 Å². The summed E-state index contributed by atoms with van der Waals surface area (Å²) >= 11 is 1.24. The van der Waals surface area contributed by atoms with E-state index >= 15 is 0 Å². The van der Waals surface area contributed by atoms with Gasteiger partial charge in [-0.1, -0.05) is 6.42 Å². The van der Waals surface area contributed by atoms with Crippen LogP contribution in [-0.4, -0.2) is 27.7 Å². The predicted molar refractivity (Wildman–Crippen MR) is 78.8 cm³/mol. The molecule has 0 spiro atoms. The van der Waals surface area contributed by atoms with Gasteiger partial charge < -0.3 is 4.74 Å². The smallest absolute Gasteiger partial charge is 0.293 e. The van der Waals surface area contributed by atoms with E-state index < -0.39 is 9.85 Å². The van der Waals surface area contributed by atoms with Crippen molar-refractivity contribution in [3.63, 3.8) is 0 Å². The lowest BCUT2D eigenvalue weighted by Crippen LogP contribution is -2.29. The van der Waals surface area contributed by atoms with Crippen LogP contribution in [0.4, 0.5) is 11.4 Å². The Morgan fingerprint density at radius 3 is 2.55 bits per heavy atom. The largest absolute Gasteiger partial charge is 0.463 e. The summed E-state index contributed by atoms with van der Waals surface area (Å²) < 4.78 is 5.05. The van der Waals surface area contributed by atoms with Crippen molar-refractivity contribution < 1.29 is 19.4 Å². The molecule has 0 saturated heterocycles. The fourth-order valence-electron chi connectivity index (χ4n) is 2.45. The Hall–Kier alpha value is -2.16. The predicted octanol–water partition coefficient (Wildman–Crippen LogP) is 3.08. The second-order valence-electron chi connectivity index (χ2n) is 4.88. The topological polar surface area (TPSA) is 113 Å². The summed E-state index contributed by atoms with van der Waals surface area (Å²) in [5.41, 5.74) is -0.616. The summed E-state index contributed by atoms with van der Waals surface area (Å²) in [6.45, 7) is 0.397. The Morgan fingerprint density at radius 1 is 1.18 bits per heavy atom. The summed E-state index contributed by atoms with van der Waals surface area (Å²) in [5, 5.41) is 21.8. The highest BCUT2D eigenvalue weighted by Crippen LogP contribution is 2.40. The van der Waals surface area contributed by atoms with Crippen molar-refractivity contribution in [3.05, 3.63) is 38.4 Å². The molecule has 0 radical (unpaired) electrons. The molecule has 0 N–H and O–H groups in total. The Kier molecular flexibility index (Phi) is 5.31. The van der Waals surface area contributed by atoms with Crippen molar-refractivity contribution in [2.45, 2.75) is 41.9 Å². The zero-order valence-corrected chi connectivity index (χ0v) is 12.4. The Bertz CT molecular complexity index is 594. The molecule has 0 aliphatic heterocycles. The first-order chi connectivity index (χ1) is 10.5. The van der Waals surface area contributed by atoms with Crippen LogP contribution in [0, 0.1) is 20.2 Å². The maximum atomic E-state index is 11.1. The van der Waals surface area contributed by atoms with Crippen LogP contribution in [0.5, 0.6) is 0 Å². The molecule has 2 rings (SSSR count). The van der Waals surface area contributed by atoms with E-state index in [0.717, 1.165) is 31.7 Å². The number of hydrogen-bond acceptors (Lipinski definition) is 7. The first kappa shape index (κ1) is 16.2. The second-order valence-corrected chi connectivity index (χ2v) is 6.16. The molecule has 1 aliphatic carbocycles. The van der Waals surface area contributed by atoms with Gasteiger partial charge in [0.05, 0.1) is 20.8 Å². The number of nitrogens with zero attached hydrogens (tertiary/aromatic N) is 2. The molecular weight excluding hydrogens is 312 g/mol. The number of non-ortho nitro benzene ring substituents is 1. The van der Waals surface area contributed by atoms with Gasteiger partial charge in [-0.2, -0.15) is 0 Å². The van der Waals surface area contributed by atoms with E-state index in [1.54, 1.807) is 0 Å². The lowest BCUT2D eigenvalue weighted by molar-refractivity contribution is -0.396. The maximum Gasteiger partial charge on any atom is 0.293 e. The van der Waals surface area contributed by atoms with E-state index in [1.807, 2.05) is 0 Å². The number of carbonyl (C=O) groups excluding carboxylic acids is 1. The third-order valence-corrected chi connectivity index (χ3v) is 4.94. The van der Waals surface area contributed by atoms with Crippen LogP contribution in [0.2, 0.25) is 0 Å². The molecule has 1 aromatic carbocycles. The van der Waals surface area contributed by atoms with Crippen LogP contribution in [0.15, 0.2) is 23.1 Å². The minimum atomic E-state index is -0.666. The second kappa shape index (κ2) is 7.21. The normalized spacial score (nSPS) is 21.1. The summed E-state index contributed by atoms with van der Waals surface area (Å²) in [4.78, 5) is 31.5. The molecule has 2 atom stereocenters. The third kappa shape index (κ3) is 3.73. The van der Waals surface area contributed by atoms with Crippen molar-refractivity contribution in [3.8, 4) is 0 Å². The molecule has 0 aromatic heterocycles. The van der Waals surface area contributed by atoms with E-state index in [2.05, 4.69) is 0 Å². The van der Waals surface area contributed by atoms with Crippen molar-refractivity contribution in [1.82, 2.24) is 0 Å². The van der Waals surface area contributed by atoms with Crippen molar-refractivity contribution in [1.29, 1.82) is 0 Å². The average Bonchev–Trinajstić information content (AvgIpc) is 2.49. The van der Waals surface area contributed by atoms with Crippen LogP contribution >= 0.6 is 11.8 Å². The zero-order chi connectivity index (χ0) is 16.1. The van der Waals surface area contributed by atoms with Crippen LogP contribution in [0.25, 0.3) is 0 Å². The average molecular weight is 326 g/mol. The first-order valence-corrected chi connectivity index (χ1v) is 7.59. The van der Waals surface area contributed by atoms with Gasteiger partial charge in [0, 0.05) is 11.3 Å². The summed E-state index contributed by atoms with van der Waals surface area (Å²) in [6.07, 6.45) is 3.11. The van der Waals surface area contributed by atoms with Gasteiger partial charge in [0.25, 0.3) is 17.8 Å². The minimum Gasteiger partial charge on any atom is -0.463 e. The van der Waals surface area contributed by atoms with E-state index in [-0.39, 0.29) is 22.7 Å².